The van der Waals surface area contributed by atoms with Crippen molar-refractivity contribution >= 4 is 34.1 Å². The number of rotatable bonds is 8. The summed E-state index contributed by atoms with van der Waals surface area (Å²) in [7, 11) is 3.33. The van der Waals surface area contributed by atoms with Gasteiger partial charge in [0.15, 0.2) is 6.17 Å². The molecule has 36 heavy (non-hydrogen) atoms. The second kappa shape index (κ2) is 9.70. The fourth-order valence-electron chi connectivity index (χ4n) is 4.30. The van der Waals surface area contributed by atoms with Gasteiger partial charge in [-0.15, -0.1) is 11.3 Å². The number of nitrogens with one attached hydrogen (secondary N) is 2. The highest BCUT2D eigenvalue weighted by atomic mass is 32.1. The number of hydrogen-bond donors (Lipinski definition) is 3. The van der Waals surface area contributed by atoms with Gasteiger partial charge in [-0.2, -0.15) is 0 Å². The van der Waals surface area contributed by atoms with Crippen LogP contribution in [-0.2, 0) is 11.8 Å². The highest BCUT2D eigenvalue weighted by molar-refractivity contribution is 7.16. The fraction of sp³-hybridized carbons (Fsp3) is 0.480. The molecule has 3 N–H and O–H groups in total. The number of aliphatic hydroxyl groups is 1. The van der Waals surface area contributed by atoms with Gasteiger partial charge >= 0.3 is 0 Å². The predicted molar refractivity (Wildman–Crippen MR) is 136 cm³/mol. The molecule has 4 rings (SSSR count). The van der Waals surface area contributed by atoms with Gasteiger partial charge in [-0.05, 0) is 39.3 Å². The molecule has 0 radical (unpaired) electrons. The van der Waals surface area contributed by atoms with Crippen molar-refractivity contribution in [3.05, 3.63) is 39.3 Å². The third-order valence-electron chi connectivity index (χ3n) is 6.44. The van der Waals surface area contributed by atoms with Crippen molar-refractivity contribution in [1.29, 1.82) is 0 Å². The molecule has 0 aliphatic carbocycles. The molecule has 0 aromatic carbocycles. The number of pyridine rings is 1. The summed E-state index contributed by atoms with van der Waals surface area (Å²) in [6.07, 6.45) is 1.07. The number of thiophene rings is 1. The zero-order valence-electron chi connectivity index (χ0n) is 21.0. The quantitative estimate of drug-likeness (QED) is 0.424. The third-order valence-corrected chi connectivity index (χ3v) is 7.63. The number of carbonyl (C=O) groups excluding carboxylic acids is 2. The largest absolute Gasteiger partial charge is 0.490 e. The third kappa shape index (κ3) is 4.77. The Morgan fingerprint density at radius 1 is 1.36 bits per heavy atom. The van der Waals surface area contributed by atoms with Crippen molar-refractivity contribution in [2.75, 3.05) is 20.2 Å². The van der Waals surface area contributed by atoms with Gasteiger partial charge in [-0.3, -0.25) is 14.4 Å². The summed E-state index contributed by atoms with van der Waals surface area (Å²) in [5.74, 6) is 0.0888. The topological polar surface area (TPSA) is 117 Å². The first-order valence-corrected chi connectivity index (χ1v) is 12.6. The van der Waals surface area contributed by atoms with Gasteiger partial charge in [0.05, 0.1) is 16.5 Å². The molecule has 1 fully saturated rings. The number of likely N-dealkylation sites (tertiary alicyclic amines) is 1. The van der Waals surface area contributed by atoms with Crippen molar-refractivity contribution in [3.8, 4) is 16.2 Å². The summed E-state index contributed by atoms with van der Waals surface area (Å²) in [5.41, 5.74) is -0.854. The second-order valence-electron chi connectivity index (χ2n) is 9.66. The number of aromatic nitrogens is 2. The number of ether oxygens (including phenoxy) is 1. The lowest BCUT2D eigenvalue weighted by Crippen LogP contribution is -2.33. The maximum atomic E-state index is 15.2. The first-order chi connectivity index (χ1) is 16.9. The summed E-state index contributed by atoms with van der Waals surface area (Å²) in [6, 6.07) is 3.06. The van der Waals surface area contributed by atoms with Gasteiger partial charge in [0.1, 0.15) is 23.6 Å². The monoisotopic (exact) mass is 518 g/mol. The molecule has 0 saturated carbocycles. The first-order valence-electron chi connectivity index (χ1n) is 11.8. The number of carbonyl (C=O) groups is 2. The Balaban J connectivity index is 1.83. The van der Waals surface area contributed by atoms with E-state index in [2.05, 4.69) is 10.3 Å². The van der Waals surface area contributed by atoms with Gasteiger partial charge in [-0.1, -0.05) is 0 Å². The van der Waals surface area contributed by atoms with Crippen LogP contribution in [0.4, 0.5) is 4.39 Å². The number of amides is 2. The number of H-pyrrole nitrogens is 1. The summed E-state index contributed by atoms with van der Waals surface area (Å²) >= 11 is 1.12. The Morgan fingerprint density at radius 2 is 2.08 bits per heavy atom. The molecule has 3 aromatic heterocycles. The molecule has 11 heteroatoms. The van der Waals surface area contributed by atoms with Crippen LogP contribution in [-0.4, -0.2) is 63.2 Å². The van der Waals surface area contributed by atoms with Gasteiger partial charge in [0, 0.05) is 49.1 Å². The normalized spacial score (nSPS) is 17.1. The average Bonchev–Trinajstić information content (AvgIpc) is 3.52. The van der Waals surface area contributed by atoms with Crippen molar-refractivity contribution in [2.45, 2.75) is 51.4 Å². The van der Waals surface area contributed by atoms with Gasteiger partial charge in [-0.25, -0.2) is 4.39 Å². The maximum Gasteiger partial charge on any atom is 0.274 e. The van der Waals surface area contributed by atoms with E-state index in [1.165, 1.54) is 18.4 Å². The molecule has 2 amide bonds. The standard InChI is InChI=1S/C25H31FN4O5S/c1-6-27-23(32)16-9-14-15(11-29(4)24(33)20(14)28-16)21-17(10-18(36-21)22(26)25(2,3)34)35-12-13-7-8-19(31)30(13)5/h9-11,13,22,28,34H,6-8,12H2,1-5H3,(H,27,32). The Morgan fingerprint density at radius 3 is 2.69 bits per heavy atom. The molecule has 9 nitrogen and oxygen atoms in total. The molecule has 0 spiro atoms. The number of halogens is 1. The van der Waals surface area contributed by atoms with E-state index >= 15 is 4.39 Å². The van der Waals surface area contributed by atoms with E-state index < -0.39 is 11.8 Å². The van der Waals surface area contributed by atoms with E-state index in [9.17, 15) is 19.5 Å². The molecule has 1 aliphatic rings. The molecular weight excluding hydrogens is 487 g/mol. The van der Waals surface area contributed by atoms with E-state index in [1.54, 1.807) is 44.2 Å². The highest BCUT2D eigenvalue weighted by Crippen LogP contribution is 2.46. The van der Waals surface area contributed by atoms with E-state index in [4.69, 9.17) is 4.74 Å². The minimum absolute atomic E-state index is 0.0469. The van der Waals surface area contributed by atoms with E-state index in [-0.39, 0.29) is 46.1 Å². The molecule has 3 aromatic rings. The Kier molecular flexibility index (Phi) is 6.98. The van der Waals surface area contributed by atoms with Crippen LogP contribution in [0.3, 0.4) is 0 Å². The fourth-order valence-corrected chi connectivity index (χ4v) is 5.58. The Hall–Kier alpha value is -3.18. The van der Waals surface area contributed by atoms with Crippen LogP contribution < -0.4 is 15.6 Å². The van der Waals surface area contributed by atoms with Crippen LogP contribution in [0, 0.1) is 0 Å². The van der Waals surface area contributed by atoms with E-state index in [0.717, 1.165) is 11.3 Å². The molecule has 0 bridgehead atoms. The van der Waals surface area contributed by atoms with E-state index in [0.29, 0.717) is 41.0 Å². The lowest BCUT2D eigenvalue weighted by atomic mass is 10.0. The number of alkyl halides is 1. The zero-order valence-corrected chi connectivity index (χ0v) is 21.8. The predicted octanol–water partition coefficient (Wildman–Crippen LogP) is 3.13. The summed E-state index contributed by atoms with van der Waals surface area (Å²) < 4.78 is 22.7. The van der Waals surface area contributed by atoms with Crippen LogP contribution in [0.15, 0.2) is 23.1 Å². The smallest absolute Gasteiger partial charge is 0.274 e. The van der Waals surface area contributed by atoms with Crippen molar-refractivity contribution in [2.24, 2.45) is 7.05 Å². The molecule has 194 valence electrons. The minimum atomic E-state index is -1.67. The van der Waals surface area contributed by atoms with Crippen molar-refractivity contribution in [1.82, 2.24) is 19.8 Å². The van der Waals surface area contributed by atoms with Gasteiger partial charge in [0.25, 0.3) is 11.5 Å². The number of nitrogens with zero attached hydrogens (tertiary/aromatic N) is 2. The number of aromatic amines is 1. The number of fused-ring (bicyclic) bond motifs is 1. The minimum Gasteiger partial charge on any atom is -0.490 e. The lowest BCUT2D eigenvalue weighted by molar-refractivity contribution is -0.127. The summed E-state index contributed by atoms with van der Waals surface area (Å²) in [6.45, 7) is 5.24. The number of likely N-dealkylation sites (N-methyl/N-ethyl adjacent to an activating group) is 1. The van der Waals surface area contributed by atoms with Crippen molar-refractivity contribution < 1.29 is 23.8 Å². The SMILES string of the molecule is CCNC(=O)c1cc2c(-c3sc(C(F)C(C)(C)O)cc3OCC3CCC(=O)N3C)cn(C)c(=O)c2[nH]1. The van der Waals surface area contributed by atoms with Crippen LogP contribution in [0.1, 0.15) is 55.2 Å². The Labute approximate surface area is 211 Å². The molecule has 4 heterocycles. The van der Waals surface area contributed by atoms with Crippen LogP contribution in [0.5, 0.6) is 5.75 Å². The van der Waals surface area contributed by atoms with Crippen LogP contribution >= 0.6 is 11.3 Å². The van der Waals surface area contributed by atoms with Crippen LogP contribution in [0.25, 0.3) is 21.3 Å². The molecule has 1 saturated heterocycles. The molecular formula is C25H31FN4O5S. The maximum absolute atomic E-state index is 15.2. The van der Waals surface area contributed by atoms with Crippen molar-refractivity contribution in [3.63, 3.8) is 0 Å². The Bertz CT molecular complexity index is 1370. The average molecular weight is 519 g/mol. The summed E-state index contributed by atoms with van der Waals surface area (Å²) in [5, 5.41) is 13.5. The lowest BCUT2D eigenvalue weighted by Gasteiger charge is -2.21. The molecule has 2 unspecified atom stereocenters. The van der Waals surface area contributed by atoms with Gasteiger partial charge in [0.2, 0.25) is 5.91 Å². The van der Waals surface area contributed by atoms with E-state index in [1.807, 2.05) is 0 Å². The summed E-state index contributed by atoms with van der Waals surface area (Å²) in [4.78, 5) is 42.6. The molecule has 2 atom stereocenters. The highest BCUT2D eigenvalue weighted by Gasteiger charge is 2.33. The number of hydrogen-bond acceptors (Lipinski definition) is 6. The zero-order chi connectivity index (χ0) is 26.4. The van der Waals surface area contributed by atoms with Gasteiger partial charge < -0.3 is 29.6 Å². The first kappa shape index (κ1) is 25.9. The second-order valence-corrected chi connectivity index (χ2v) is 10.7. The molecule has 1 aliphatic heterocycles. The number of aryl methyl sites for hydroxylation is 1. The van der Waals surface area contributed by atoms with Crippen LogP contribution in [0.2, 0.25) is 0 Å².